The summed E-state index contributed by atoms with van der Waals surface area (Å²) < 4.78 is 5.42. The van der Waals surface area contributed by atoms with Crippen LogP contribution in [0.25, 0.3) is 10.9 Å². The van der Waals surface area contributed by atoms with E-state index in [2.05, 4.69) is 16.4 Å². The smallest absolute Gasteiger partial charge is 0.145 e. The Balaban J connectivity index is 2.12. The summed E-state index contributed by atoms with van der Waals surface area (Å²) in [6.45, 7) is 2.04. The molecule has 0 unspecified atom stereocenters. The molecule has 0 amide bonds. The van der Waals surface area contributed by atoms with Gasteiger partial charge in [-0.1, -0.05) is 6.07 Å². The second-order valence-electron chi connectivity index (χ2n) is 4.97. The van der Waals surface area contributed by atoms with Crippen molar-refractivity contribution in [2.45, 2.75) is 6.92 Å². The summed E-state index contributed by atoms with van der Waals surface area (Å²) in [4.78, 5) is 4.42. The van der Waals surface area contributed by atoms with Crippen LogP contribution in [-0.2, 0) is 0 Å². The fourth-order valence-electron chi connectivity index (χ4n) is 2.40. The van der Waals surface area contributed by atoms with Crippen LogP contribution in [0.4, 0.5) is 17.1 Å². The van der Waals surface area contributed by atoms with Crippen molar-refractivity contribution in [1.82, 2.24) is 4.98 Å². The number of hydrogen-bond donors (Lipinski definition) is 2. The summed E-state index contributed by atoms with van der Waals surface area (Å²) in [5.41, 5.74) is 10.4. The number of ether oxygens (including phenoxy) is 1. The Labute approximate surface area is 123 Å². The highest BCUT2D eigenvalue weighted by Gasteiger charge is 2.08. The van der Waals surface area contributed by atoms with Crippen LogP contribution >= 0.6 is 0 Å². The number of aryl methyl sites for hydroxylation is 1. The molecule has 1 heterocycles. The van der Waals surface area contributed by atoms with Gasteiger partial charge in [-0.05, 0) is 48.9 Å². The van der Waals surface area contributed by atoms with E-state index in [4.69, 9.17) is 10.5 Å². The van der Waals surface area contributed by atoms with E-state index in [0.717, 1.165) is 39.3 Å². The zero-order valence-corrected chi connectivity index (χ0v) is 12.1. The predicted molar refractivity (Wildman–Crippen MR) is 87.2 cm³/mol. The number of fused-ring (bicyclic) bond motifs is 1. The second-order valence-corrected chi connectivity index (χ2v) is 4.97. The van der Waals surface area contributed by atoms with Crippen LogP contribution < -0.4 is 15.8 Å². The van der Waals surface area contributed by atoms with Crippen LogP contribution in [0.15, 0.2) is 48.7 Å². The molecule has 0 aliphatic heterocycles. The topological polar surface area (TPSA) is 60.2 Å². The Morgan fingerprint density at radius 2 is 2.00 bits per heavy atom. The molecule has 0 atom stereocenters. The Hall–Kier alpha value is -2.75. The van der Waals surface area contributed by atoms with Crippen molar-refractivity contribution in [2.24, 2.45) is 0 Å². The molecule has 3 aromatic rings. The van der Waals surface area contributed by atoms with Crippen molar-refractivity contribution >= 4 is 28.0 Å². The number of benzene rings is 2. The van der Waals surface area contributed by atoms with Gasteiger partial charge in [0, 0.05) is 28.6 Å². The lowest BCUT2D eigenvalue weighted by molar-refractivity contribution is 0.418. The highest BCUT2D eigenvalue weighted by atomic mass is 16.5. The van der Waals surface area contributed by atoms with Gasteiger partial charge >= 0.3 is 0 Å². The molecule has 0 spiro atoms. The molecule has 3 rings (SSSR count). The fourth-order valence-corrected chi connectivity index (χ4v) is 2.40. The molecule has 2 aromatic carbocycles. The number of nitrogen functional groups attached to an aromatic ring is 1. The van der Waals surface area contributed by atoms with Crippen LogP contribution in [0, 0.1) is 6.92 Å². The molecule has 21 heavy (non-hydrogen) atoms. The largest absolute Gasteiger partial charge is 0.494 e. The molecule has 0 aliphatic rings. The van der Waals surface area contributed by atoms with E-state index in [1.165, 1.54) is 0 Å². The molecule has 0 fully saturated rings. The van der Waals surface area contributed by atoms with Gasteiger partial charge in [-0.25, -0.2) is 0 Å². The zero-order chi connectivity index (χ0) is 14.8. The number of methoxy groups -OCH3 is 1. The molecular formula is C17H17N3O. The first-order chi connectivity index (χ1) is 10.2. The van der Waals surface area contributed by atoms with Crippen molar-refractivity contribution in [2.75, 3.05) is 18.2 Å². The van der Waals surface area contributed by atoms with Crippen LogP contribution in [0.2, 0.25) is 0 Å². The van der Waals surface area contributed by atoms with E-state index in [0.29, 0.717) is 0 Å². The highest BCUT2D eigenvalue weighted by molar-refractivity contribution is 5.96. The molecule has 0 aliphatic carbocycles. The second kappa shape index (κ2) is 5.32. The number of nitrogens with zero attached hydrogens (tertiary/aromatic N) is 1. The Bertz CT molecular complexity index is 799. The molecule has 3 N–H and O–H groups in total. The van der Waals surface area contributed by atoms with Gasteiger partial charge in [-0.3, -0.25) is 4.98 Å². The molecule has 0 bridgehead atoms. The minimum absolute atomic E-state index is 0.729. The van der Waals surface area contributed by atoms with Crippen molar-refractivity contribution in [3.8, 4) is 5.75 Å². The number of nitrogens with two attached hydrogens (primary N) is 1. The quantitative estimate of drug-likeness (QED) is 0.714. The van der Waals surface area contributed by atoms with Crippen molar-refractivity contribution in [3.63, 3.8) is 0 Å². The summed E-state index contributed by atoms with van der Waals surface area (Å²) >= 11 is 0. The highest BCUT2D eigenvalue weighted by Crippen LogP contribution is 2.32. The average Bonchev–Trinajstić information content (AvgIpc) is 2.47. The maximum Gasteiger partial charge on any atom is 0.145 e. The molecule has 0 saturated heterocycles. The first-order valence-corrected chi connectivity index (χ1v) is 6.73. The number of rotatable bonds is 3. The van der Waals surface area contributed by atoms with Crippen LogP contribution in [-0.4, -0.2) is 12.1 Å². The van der Waals surface area contributed by atoms with Crippen LogP contribution in [0.5, 0.6) is 5.75 Å². The lowest BCUT2D eigenvalue weighted by Crippen LogP contribution is -1.96. The summed E-state index contributed by atoms with van der Waals surface area (Å²) in [5.74, 6) is 0.779. The monoisotopic (exact) mass is 279 g/mol. The SMILES string of the molecule is COc1cc(C)cc2c(Nc3cccc(N)c3)ccnc12. The minimum atomic E-state index is 0.729. The van der Waals surface area contributed by atoms with Crippen molar-refractivity contribution in [1.29, 1.82) is 0 Å². The first-order valence-electron chi connectivity index (χ1n) is 6.73. The third-order valence-electron chi connectivity index (χ3n) is 3.34. The van der Waals surface area contributed by atoms with Gasteiger partial charge in [-0.2, -0.15) is 0 Å². The minimum Gasteiger partial charge on any atom is -0.494 e. The molecule has 106 valence electrons. The van der Waals surface area contributed by atoms with Gasteiger partial charge in [-0.15, -0.1) is 0 Å². The van der Waals surface area contributed by atoms with Gasteiger partial charge in [0.05, 0.1) is 7.11 Å². The lowest BCUT2D eigenvalue weighted by Gasteiger charge is -2.12. The fraction of sp³-hybridized carbons (Fsp3) is 0.118. The van der Waals surface area contributed by atoms with E-state index < -0.39 is 0 Å². The van der Waals surface area contributed by atoms with Gasteiger partial charge in [0.1, 0.15) is 11.3 Å². The maximum atomic E-state index is 5.82. The van der Waals surface area contributed by atoms with Gasteiger partial charge in [0.15, 0.2) is 0 Å². The molecule has 0 saturated carbocycles. The summed E-state index contributed by atoms with van der Waals surface area (Å²) in [5, 5.41) is 4.42. The van der Waals surface area contributed by atoms with E-state index in [9.17, 15) is 0 Å². The lowest BCUT2D eigenvalue weighted by atomic mass is 10.1. The number of aromatic nitrogens is 1. The normalized spacial score (nSPS) is 10.6. The van der Waals surface area contributed by atoms with Crippen LogP contribution in [0.1, 0.15) is 5.56 Å². The number of pyridine rings is 1. The zero-order valence-electron chi connectivity index (χ0n) is 12.1. The standard InChI is InChI=1S/C17H17N3O/c1-11-8-14-15(20-13-5-3-4-12(18)10-13)6-7-19-17(14)16(9-11)21-2/h3-10H,18H2,1-2H3,(H,19,20). The van der Waals surface area contributed by atoms with Gasteiger partial charge < -0.3 is 15.8 Å². The average molecular weight is 279 g/mol. The number of hydrogen-bond acceptors (Lipinski definition) is 4. The summed E-state index contributed by atoms with van der Waals surface area (Å²) in [6, 6.07) is 13.7. The Morgan fingerprint density at radius 1 is 1.14 bits per heavy atom. The summed E-state index contributed by atoms with van der Waals surface area (Å²) in [6.07, 6.45) is 1.77. The third kappa shape index (κ3) is 2.60. The molecule has 4 heteroatoms. The maximum absolute atomic E-state index is 5.82. The van der Waals surface area contributed by atoms with Gasteiger partial charge in [0.2, 0.25) is 0 Å². The molecule has 0 radical (unpaired) electrons. The van der Waals surface area contributed by atoms with E-state index in [1.54, 1.807) is 13.3 Å². The van der Waals surface area contributed by atoms with Crippen molar-refractivity contribution < 1.29 is 4.74 Å². The van der Waals surface area contributed by atoms with E-state index in [-0.39, 0.29) is 0 Å². The van der Waals surface area contributed by atoms with Gasteiger partial charge in [0.25, 0.3) is 0 Å². The first kappa shape index (κ1) is 13.2. The molecular weight excluding hydrogens is 262 g/mol. The van der Waals surface area contributed by atoms with E-state index >= 15 is 0 Å². The number of anilines is 3. The van der Waals surface area contributed by atoms with Crippen molar-refractivity contribution in [3.05, 3.63) is 54.2 Å². The number of nitrogens with one attached hydrogen (secondary N) is 1. The Morgan fingerprint density at radius 3 is 2.76 bits per heavy atom. The summed E-state index contributed by atoms with van der Waals surface area (Å²) in [7, 11) is 1.66. The third-order valence-corrected chi connectivity index (χ3v) is 3.34. The van der Waals surface area contributed by atoms with E-state index in [1.807, 2.05) is 43.3 Å². The molecule has 4 nitrogen and oxygen atoms in total. The van der Waals surface area contributed by atoms with Crippen LogP contribution in [0.3, 0.4) is 0 Å². The molecule has 1 aromatic heterocycles. The predicted octanol–water partition coefficient (Wildman–Crippen LogP) is 3.88. The Kier molecular flexibility index (Phi) is 3.36.